The lowest BCUT2D eigenvalue weighted by Gasteiger charge is -2.10. The summed E-state index contributed by atoms with van der Waals surface area (Å²) in [4.78, 5) is 15.3. The molecule has 0 amide bonds. The summed E-state index contributed by atoms with van der Waals surface area (Å²) in [5, 5.41) is 10.0. The first-order valence-corrected chi connectivity index (χ1v) is 9.82. The highest BCUT2D eigenvalue weighted by Crippen LogP contribution is 2.28. The summed E-state index contributed by atoms with van der Waals surface area (Å²) in [7, 11) is 0. The van der Waals surface area contributed by atoms with Gasteiger partial charge in [0.15, 0.2) is 0 Å². The Hall–Kier alpha value is -3.88. The lowest BCUT2D eigenvalue weighted by atomic mass is 9.99. The molecule has 0 unspecified atom stereocenters. The van der Waals surface area contributed by atoms with Crippen LogP contribution in [-0.4, -0.2) is 4.98 Å². The Balaban J connectivity index is 1.60. The number of aromatic nitrogens is 1. The first-order chi connectivity index (χ1) is 15.0. The predicted molar refractivity (Wildman–Crippen MR) is 118 cm³/mol. The molecule has 31 heavy (non-hydrogen) atoms. The molecule has 0 fully saturated rings. The highest BCUT2D eigenvalue weighted by Gasteiger charge is 2.12. The number of benzene rings is 3. The molecule has 3 aromatic carbocycles. The summed E-state index contributed by atoms with van der Waals surface area (Å²) < 4.78 is 18.7. The fourth-order valence-electron chi connectivity index (χ4n) is 3.16. The van der Waals surface area contributed by atoms with Crippen LogP contribution in [0.2, 0.25) is 5.02 Å². The van der Waals surface area contributed by atoms with E-state index in [0.717, 1.165) is 16.7 Å². The van der Waals surface area contributed by atoms with E-state index in [4.69, 9.17) is 16.3 Å². The first-order valence-electron chi connectivity index (χ1n) is 9.44. The van der Waals surface area contributed by atoms with Crippen molar-refractivity contribution in [2.45, 2.75) is 6.61 Å². The maximum absolute atomic E-state index is 13.0. The zero-order chi connectivity index (χ0) is 21.8. The van der Waals surface area contributed by atoms with Crippen molar-refractivity contribution in [3.8, 4) is 34.2 Å². The van der Waals surface area contributed by atoms with Crippen LogP contribution in [0.4, 0.5) is 4.39 Å². The predicted octanol–water partition coefficient (Wildman–Crippen LogP) is 5.95. The van der Waals surface area contributed by atoms with E-state index >= 15 is 0 Å². The second-order valence-corrected chi connectivity index (χ2v) is 7.30. The van der Waals surface area contributed by atoms with E-state index in [1.165, 1.54) is 12.1 Å². The number of hydrogen-bond acceptors (Lipinski definition) is 3. The molecule has 0 aliphatic rings. The lowest BCUT2D eigenvalue weighted by Crippen LogP contribution is -2.12. The van der Waals surface area contributed by atoms with Crippen LogP contribution in [0.1, 0.15) is 11.1 Å². The van der Waals surface area contributed by atoms with E-state index in [1.807, 2.05) is 18.2 Å². The number of nitrogens with one attached hydrogen (secondary N) is 1. The molecule has 0 spiro atoms. The molecule has 1 N–H and O–H groups in total. The topological polar surface area (TPSA) is 65.9 Å². The normalized spacial score (nSPS) is 10.5. The third-order valence-electron chi connectivity index (χ3n) is 4.78. The highest BCUT2D eigenvalue weighted by molar-refractivity contribution is 6.30. The average Bonchev–Trinajstić information content (AvgIpc) is 2.79. The molecule has 0 aliphatic carbocycles. The largest absolute Gasteiger partial charge is 0.489 e. The molecule has 6 heteroatoms. The molecule has 0 aliphatic heterocycles. The van der Waals surface area contributed by atoms with Crippen molar-refractivity contribution in [2.24, 2.45) is 0 Å². The summed E-state index contributed by atoms with van der Waals surface area (Å²) in [5.41, 5.74) is 3.06. The zero-order valence-electron chi connectivity index (χ0n) is 16.2. The minimum absolute atomic E-state index is 0.0466. The smallest absolute Gasteiger partial charge is 0.266 e. The van der Waals surface area contributed by atoms with Crippen molar-refractivity contribution >= 4 is 11.6 Å². The first kappa shape index (κ1) is 20.4. The van der Waals surface area contributed by atoms with Crippen LogP contribution in [0.5, 0.6) is 5.75 Å². The van der Waals surface area contributed by atoms with Gasteiger partial charge in [0, 0.05) is 16.3 Å². The van der Waals surface area contributed by atoms with Gasteiger partial charge in [0.25, 0.3) is 5.56 Å². The third-order valence-corrected chi connectivity index (χ3v) is 5.04. The molecule has 0 radical (unpaired) electrons. The summed E-state index contributed by atoms with van der Waals surface area (Å²) in [6.07, 6.45) is 0. The van der Waals surface area contributed by atoms with Crippen molar-refractivity contribution in [1.29, 1.82) is 5.26 Å². The average molecular weight is 431 g/mol. The monoisotopic (exact) mass is 430 g/mol. The minimum Gasteiger partial charge on any atom is -0.489 e. The van der Waals surface area contributed by atoms with Gasteiger partial charge >= 0.3 is 0 Å². The number of aromatic amines is 1. The maximum Gasteiger partial charge on any atom is 0.266 e. The van der Waals surface area contributed by atoms with E-state index < -0.39 is 5.56 Å². The van der Waals surface area contributed by atoms with Crippen molar-refractivity contribution in [2.75, 3.05) is 0 Å². The Morgan fingerprint density at radius 2 is 1.58 bits per heavy atom. The van der Waals surface area contributed by atoms with Crippen LogP contribution >= 0.6 is 11.6 Å². The molecule has 0 saturated carbocycles. The van der Waals surface area contributed by atoms with Gasteiger partial charge in [0.05, 0.1) is 0 Å². The van der Waals surface area contributed by atoms with Crippen LogP contribution < -0.4 is 10.3 Å². The number of halogens is 2. The van der Waals surface area contributed by atoms with Crippen LogP contribution in [-0.2, 0) is 6.61 Å². The fourth-order valence-corrected chi connectivity index (χ4v) is 3.29. The van der Waals surface area contributed by atoms with Gasteiger partial charge in [0.1, 0.15) is 29.8 Å². The number of pyridine rings is 1. The summed E-state index contributed by atoms with van der Waals surface area (Å²) >= 11 is 5.96. The second-order valence-electron chi connectivity index (χ2n) is 6.86. The Morgan fingerprint density at radius 1 is 0.935 bits per heavy atom. The van der Waals surface area contributed by atoms with E-state index in [9.17, 15) is 14.4 Å². The van der Waals surface area contributed by atoms with Gasteiger partial charge in [-0.2, -0.15) is 5.26 Å². The van der Waals surface area contributed by atoms with Gasteiger partial charge in [-0.1, -0.05) is 35.9 Å². The maximum atomic E-state index is 13.0. The zero-order valence-corrected chi connectivity index (χ0v) is 17.0. The molecular formula is C25H16ClFN2O2. The van der Waals surface area contributed by atoms with Crippen molar-refractivity contribution in [1.82, 2.24) is 4.98 Å². The number of hydrogen-bond donors (Lipinski definition) is 1. The number of H-pyrrole nitrogens is 1. The summed E-state index contributed by atoms with van der Waals surface area (Å²) in [6.45, 7) is 0.314. The molecule has 0 bridgehead atoms. The van der Waals surface area contributed by atoms with E-state index in [1.54, 1.807) is 54.6 Å². The number of rotatable bonds is 5. The van der Waals surface area contributed by atoms with Crippen molar-refractivity contribution in [3.05, 3.63) is 111 Å². The highest BCUT2D eigenvalue weighted by atomic mass is 35.5. The molecule has 1 aromatic heterocycles. The van der Waals surface area contributed by atoms with Gasteiger partial charge < -0.3 is 9.72 Å². The Bertz CT molecular complexity index is 1310. The minimum atomic E-state index is -0.457. The van der Waals surface area contributed by atoms with Crippen LogP contribution in [0.15, 0.2) is 83.7 Å². The molecule has 152 valence electrons. The third kappa shape index (κ3) is 4.66. The van der Waals surface area contributed by atoms with Crippen LogP contribution in [0, 0.1) is 17.1 Å². The summed E-state index contributed by atoms with van der Waals surface area (Å²) in [6, 6.07) is 24.1. The van der Waals surface area contributed by atoms with Gasteiger partial charge in [-0.25, -0.2) is 4.39 Å². The fraction of sp³-hybridized carbons (Fsp3) is 0.0400. The lowest BCUT2D eigenvalue weighted by molar-refractivity contribution is 0.306. The Kier molecular flexibility index (Phi) is 5.83. The number of nitrogens with zero attached hydrogens (tertiary/aromatic N) is 1. The van der Waals surface area contributed by atoms with Crippen molar-refractivity contribution in [3.63, 3.8) is 0 Å². The van der Waals surface area contributed by atoms with Gasteiger partial charge in [0.2, 0.25) is 0 Å². The number of ether oxygens (including phenoxy) is 1. The molecular weight excluding hydrogens is 415 g/mol. The van der Waals surface area contributed by atoms with Gasteiger partial charge in [-0.05, 0) is 71.3 Å². The van der Waals surface area contributed by atoms with E-state index in [0.29, 0.717) is 28.6 Å². The van der Waals surface area contributed by atoms with E-state index in [-0.39, 0.29) is 11.4 Å². The van der Waals surface area contributed by atoms with Crippen molar-refractivity contribution < 1.29 is 9.13 Å². The Morgan fingerprint density at radius 3 is 2.23 bits per heavy atom. The van der Waals surface area contributed by atoms with Crippen LogP contribution in [0.3, 0.4) is 0 Å². The second kappa shape index (κ2) is 8.86. The molecule has 1 heterocycles. The van der Waals surface area contributed by atoms with E-state index in [2.05, 4.69) is 4.98 Å². The van der Waals surface area contributed by atoms with Gasteiger partial charge in [-0.3, -0.25) is 4.79 Å². The molecule has 0 saturated heterocycles. The summed E-state index contributed by atoms with van der Waals surface area (Å²) in [5.74, 6) is 0.351. The molecule has 4 aromatic rings. The molecule has 4 nitrogen and oxygen atoms in total. The SMILES string of the molecule is N#Cc1c(-c2ccc(Cl)cc2)cc(-c2ccc(OCc3ccc(F)cc3)cc2)[nH]c1=O. The molecule has 0 atom stereocenters. The quantitative estimate of drug-likeness (QED) is 0.425. The standard InChI is InChI=1S/C25H16ClFN2O2/c26-19-7-3-17(4-8-19)22-13-24(29-25(30)23(22)14-28)18-5-11-21(12-6-18)31-15-16-1-9-20(27)10-2-16/h1-13H,15H2,(H,29,30). The Labute approximate surface area is 183 Å². The molecule has 4 rings (SSSR count). The number of nitriles is 1. The van der Waals surface area contributed by atoms with Crippen LogP contribution in [0.25, 0.3) is 22.4 Å². The van der Waals surface area contributed by atoms with Gasteiger partial charge in [-0.15, -0.1) is 0 Å².